The largest absolute Gasteiger partial charge is 0.329 e. The van der Waals surface area contributed by atoms with Crippen molar-refractivity contribution in [1.29, 1.82) is 0 Å². The van der Waals surface area contributed by atoms with E-state index in [1.54, 1.807) is 11.9 Å². The van der Waals surface area contributed by atoms with Gasteiger partial charge in [-0.2, -0.15) is 0 Å². The van der Waals surface area contributed by atoms with Crippen LogP contribution in [-0.4, -0.2) is 25.7 Å². The topological polar surface area (TPSA) is 50.1 Å². The fourth-order valence-corrected chi connectivity index (χ4v) is 2.96. The Morgan fingerprint density at radius 3 is 2.52 bits per heavy atom. The molecule has 0 radical (unpaired) electrons. The summed E-state index contributed by atoms with van der Waals surface area (Å²) in [4.78, 5) is 1.24. The van der Waals surface area contributed by atoms with Crippen molar-refractivity contribution in [2.24, 2.45) is 11.7 Å². The van der Waals surface area contributed by atoms with Crippen LogP contribution in [0.4, 0.5) is 0 Å². The summed E-state index contributed by atoms with van der Waals surface area (Å²) in [7, 11) is 0. The zero-order valence-corrected chi connectivity index (χ0v) is 13.6. The Hall–Kier alpha value is -1.07. The minimum Gasteiger partial charge on any atom is -0.329 e. The predicted molar refractivity (Wildman–Crippen MR) is 93.5 cm³/mol. The molecule has 0 aliphatic carbocycles. The molecular formula is C17H25N3S. The van der Waals surface area contributed by atoms with Gasteiger partial charge in [-0.25, -0.2) is 0 Å². The summed E-state index contributed by atoms with van der Waals surface area (Å²) in [5.74, 6) is 0.572. The van der Waals surface area contributed by atoms with E-state index < -0.39 is 0 Å². The molecule has 114 valence electrons. The summed E-state index contributed by atoms with van der Waals surface area (Å²) in [5, 5.41) is 6.05. The monoisotopic (exact) mass is 303 g/mol. The zero-order valence-electron chi connectivity index (χ0n) is 12.8. The van der Waals surface area contributed by atoms with Crippen LogP contribution in [0.1, 0.15) is 13.8 Å². The molecule has 0 bridgehead atoms. The predicted octanol–water partition coefficient (Wildman–Crippen LogP) is 3.01. The molecule has 4 heteroatoms. The summed E-state index contributed by atoms with van der Waals surface area (Å²) >= 11 is 1.68. The van der Waals surface area contributed by atoms with E-state index in [4.69, 9.17) is 5.73 Å². The summed E-state index contributed by atoms with van der Waals surface area (Å²) < 4.78 is 3.40. The third-order valence-electron chi connectivity index (χ3n) is 3.60. The molecule has 0 aromatic heterocycles. The number of fused-ring (bicyclic) bond motifs is 1. The average molecular weight is 303 g/mol. The summed E-state index contributed by atoms with van der Waals surface area (Å²) in [6.07, 6.45) is 0. The smallest absolute Gasteiger partial charge is 0.0234 e. The van der Waals surface area contributed by atoms with Crippen molar-refractivity contribution in [2.75, 3.05) is 19.6 Å². The van der Waals surface area contributed by atoms with Gasteiger partial charge < -0.3 is 11.1 Å². The zero-order chi connectivity index (χ0) is 15.1. The van der Waals surface area contributed by atoms with E-state index in [0.29, 0.717) is 18.5 Å². The number of nitrogens with two attached hydrogens (primary N) is 1. The molecule has 0 saturated carbocycles. The van der Waals surface area contributed by atoms with Crippen molar-refractivity contribution < 1.29 is 0 Å². The molecule has 1 atom stereocenters. The Morgan fingerprint density at radius 1 is 1.05 bits per heavy atom. The molecule has 4 N–H and O–H groups in total. The Kier molecular flexibility index (Phi) is 6.51. The molecular weight excluding hydrogens is 278 g/mol. The molecule has 1 unspecified atom stereocenters. The van der Waals surface area contributed by atoms with E-state index >= 15 is 0 Å². The average Bonchev–Trinajstić information content (AvgIpc) is 2.50. The minimum atomic E-state index is 0.400. The molecule has 2 aromatic carbocycles. The van der Waals surface area contributed by atoms with Crippen molar-refractivity contribution in [2.45, 2.75) is 24.8 Å². The van der Waals surface area contributed by atoms with Crippen LogP contribution in [-0.2, 0) is 0 Å². The Balaban J connectivity index is 1.75. The fraction of sp³-hybridized carbons (Fsp3) is 0.412. The second kappa shape index (κ2) is 8.39. The van der Waals surface area contributed by atoms with E-state index in [9.17, 15) is 0 Å². The molecule has 0 aliphatic rings. The van der Waals surface area contributed by atoms with E-state index in [0.717, 1.165) is 13.1 Å². The third-order valence-corrected chi connectivity index (χ3v) is 4.44. The minimum absolute atomic E-state index is 0.400. The normalized spacial score (nSPS) is 13.0. The van der Waals surface area contributed by atoms with Gasteiger partial charge in [-0.1, -0.05) is 44.2 Å². The van der Waals surface area contributed by atoms with Gasteiger partial charge in [0.15, 0.2) is 0 Å². The summed E-state index contributed by atoms with van der Waals surface area (Å²) in [6.45, 7) is 6.93. The number of hydrogen-bond donors (Lipinski definition) is 3. The van der Waals surface area contributed by atoms with E-state index in [2.05, 4.69) is 66.4 Å². The van der Waals surface area contributed by atoms with Gasteiger partial charge in [-0.05, 0) is 40.8 Å². The van der Waals surface area contributed by atoms with E-state index in [-0.39, 0.29) is 0 Å². The van der Waals surface area contributed by atoms with Crippen LogP contribution in [0, 0.1) is 5.92 Å². The standard InChI is InChI=1S/C17H25N3S/c1-13(2)17(12-18)19-9-10-20-21-16-8-7-14-5-3-4-6-15(14)11-16/h3-8,11,13,17,19-20H,9-10,12,18H2,1-2H3. The van der Waals surface area contributed by atoms with Gasteiger partial charge in [-0.15, -0.1) is 0 Å². The van der Waals surface area contributed by atoms with Crippen LogP contribution >= 0.6 is 11.9 Å². The maximum Gasteiger partial charge on any atom is 0.0234 e. The number of rotatable bonds is 8. The van der Waals surface area contributed by atoms with Gasteiger partial charge in [0, 0.05) is 30.6 Å². The van der Waals surface area contributed by atoms with Crippen molar-refractivity contribution in [3.8, 4) is 0 Å². The first kappa shape index (κ1) is 16.3. The maximum atomic E-state index is 5.74. The van der Waals surface area contributed by atoms with Gasteiger partial charge in [-0.3, -0.25) is 4.72 Å². The third kappa shape index (κ3) is 5.00. The lowest BCUT2D eigenvalue weighted by Crippen LogP contribution is -2.42. The molecule has 0 fully saturated rings. The Labute approximate surface area is 131 Å². The fourth-order valence-electron chi connectivity index (χ4n) is 2.27. The molecule has 0 spiro atoms. The lowest BCUT2D eigenvalue weighted by molar-refractivity contribution is 0.409. The van der Waals surface area contributed by atoms with Crippen LogP contribution in [0.2, 0.25) is 0 Å². The van der Waals surface area contributed by atoms with Crippen molar-refractivity contribution in [1.82, 2.24) is 10.0 Å². The highest BCUT2D eigenvalue weighted by atomic mass is 32.2. The van der Waals surface area contributed by atoms with Crippen molar-refractivity contribution >= 4 is 22.7 Å². The number of hydrogen-bond acceptors (Lipinski definition) is 4. The van der Waals surface area contributed by atoms with Gasteiger partial charge in [0.05, 0.1) is 0 Å². The van der Waals surface area contributed by atoms with Crippen LogP contribution < -0.4 is 15.8 Å². The lowest BCUT2D eigenvalue weighted by Gasteiger charge is -2.20. The summed E-state index contributed by atoms with van der Waals surface area (Å²) in [5.41, 5.74) is 5.74. The molecule has 2 rings (SSSR count). The first-order valence-electron chi connectivity index (χ1n) is 7.52. The van der Waals surface area contributed by atoms with Crippen LogP contribution in [0.5, 0.6) is 0 Å². The van der Waals surface area contributed by atoms with Gasteiger partial charge in [0.25, 0.3) is 0 Å². The highest BCUT2D eigenvalue weighted by Gasteiger charge is 2.09. The SMILES string of the molecule is CC(C)C(CN)NCCNSc1ccc2ccccc2c1. The highest BCUT2D eigenvalue weighted by molar-refractivity contribution is 7.97. The van der Waals surface area contributed by atoms with E-state index in [1.807, 2.05) is 0 Å². The second-order valence-corrected chi connectivity index (χ2v) is 6.51. The first-order chi connectivity index (χ1) is 10.2. The van der Waals surface area contributed by atoms with Crippen LogP contribution in [0.15, 0.2) is 47.4 Å². The van der Waals surface area contributed by atoms with Crippen molar-refractivity contribution in [3.63, 3.8) is 0 Å². The molecule has 0 aliphatic heterocycles. The van der Waals surface area contributed by atoms with Crippen LogP contribution in [0.25, 0.3) is 10.8 Å². The Bertz CT molecular complexity index is 556. The highest BCUT2D eigenvalue weighted by Crippen LogP contribution is 2.21. The molecule has 0 saturated heterocycles. The first-order valence-corrected chi connectivity index (χ1v) is 8.34. The van der Waals surface area contributed by atoms with E-state index in [1.165, 1.54) is 15.7 Å². The van der Waals surface area contributed by atoms with Crippen LogP contribution in [0.3, 0.4) is 0 Å². The molecule has 0 amide bonds. The number of nitrogens with one attached hydrogen (secondary N) is 2. The van der Waals surface area contributed by atoms with Crippen molar-refractivity contribution in [3.05, 3.63) is 42.5 Å². The molecule has 21 heavy (non-hydrogen) atoms. The molecule has 2 aromatic rings. The quantitative estimate of drug-likeness (QED) is 0.518. The molecule has 3 nitrogen and oxygen atoms in total. The molecule has 0 heterocycles. The maximum absolute atomic E-state index is 5.74. The number of benzene rings is 2. The van der Waals surface area contributed by atoms with Gasteiger partial charge in [0.1, 0.15) is 0 Å². The van der Waals surface area contributed by atoms with Gasteiger partial charge >= 0.3 is 0 Å². The lowest BCUT2D eigenvalue weighted by atomic mass is 10.1. The summed E-state index contributed by atoms with van der Waals surface area (Å²) in [6, 6.07) is 15.4. The van der Waals surface area contributed by atoms with Gasteiger partial charge in [0.2, 0.25) is 0 Å². The Morgan fingerprint density at radius 2 is 1.81 bits per heavy atom. The second-order valence-electron chi connectivity index (χ2n) is 5.55.